The predicted molar refractivity (Wildman–Crippen MR) is 73.6 cm³/mol. The van der Waals surface area contributed by atoms with E-state index in [0.717, 1.165) is 6.07 Å². The Hall–Kier alpha value is -1.07. The molecule has 0 amide bonds. The van der Waals surface area contributed by atoms with Crippen molar-refractivity contribution in [3.05, 3.63) is 35.4 Å². The van der Waals surface area contributed by atoms with Crippen LogP contribution in [-0.4, -0.2) is 26.3 Å². The monoisotopic (exact) mass is 289 g/mol. The summed E-state index contributed by atoms with van der Waals surface area (Å²) in [7, 11) is 3.42. The van der Waals surface area contributed by atoms with Crippen LogP contribution in [0.5, 0.6) is 0 Å². The fourth-order valence-electron chi connectivity index (χ4n) is 2.41. The van der Waals surface area contributed by atoms with Gasteiger partial charge in [-0.25, -0.2) is 0 Å². The second-order valence-corrected chi connectivity index (χ2v) is 5.24. The Bertz CT molecular complexity index is 418. The van der Waals surface area contributed by atoms with Crippen LogP contribution < -0.4 is 5.32 Å². The Kier molecular flexibility index (Phi) is 6.02. The molecular weight excluding hydrogens is 267 g/mol. The SMILES string of the molecule is CNC(Cc1cccc(C(F)(F)F)c1)C(OC)C(C)C. The molecule has 20 heavy (non-hydrogen) atoms. The van der Waals surface area contributed by atoms with Gasteiger partial charge in [-0.05, 0) is 31.0 Å². The van der Waals surface area contributed by atoms with Crippen molar-refractivity contribution in [3.63, 3.8) is 0 Å². The maximum atomic E-state index is 12.7. The largest absolute Gasteiger partial charge is 0.416 e. The summed E-state index contributed by atoms with van der Waals surface area (Å²) in [5.41, 5.74) is 0.0465. The first-order chi connectivity index (χ1) is 9.29. The van der Waals surface area contributed by atoms with E-state index in [4.69, 9.17) is 4.74 Å². The zero-order chi connectivity index (χ0) is 15.3. The molecule has 2 nitrogen and oxygen atoms in total. The van der Waals surface area contributed by atoms with Crippen molar-refractivity contribution in [1.29, 1.82) is 0 Å². The lowest BCUT2D eigenvalue weighted by molar-refractivity contribution is -0.137. The molecule has 0 spiro atoms. The van der Waals surface area contributed by atoms with Gasteiger partial charge in [0.15, 0.2) is 0 Å². The summed E-state index contributed by atoms with van der Waals surface area (Å²) >= 11 is 0. The number of benzene rings is 1. The van der Waals surface area contributed by atoms with Crippen LogP contribution in [0.15, 0.2) is 24.3 Å². The summed E-state index contributed by atoms with van der Waals surface area (Å²) < 4.78 is 43.5. The van der Waals surface area contributed by atoms with Crippen molar-refractivity contribution in [2.24, 2.45) is 5.92 Å². The average molecular weight is 289 g/mol. The minimum Gasteiger partial charge on any atom is -0.380 e. The molecule has 0 aliphatic heterocycles. The highest BCUT2D eigenvalue weighted by Gasteiger charge is 2.31. The highest BCUT2D eigenvalue weighted by atomic mass is 19.4. The molecule has 0 aliphatic carbocycles. The van der Waals surface area contributed by atoms with E-state index in [1.165, 1.54) is 12.1 Å². The standard InChI is InChI=1S/C15H22F3NO/c1-10(2)14(20-4)13(19-3)9-11-6-5-7-12(8-11)15(16,17)18/h5-8,10,13-14,19H,9H2,1-4H3. The Morgan fingerprint density at radius 1 is 1.25 bits per heavy atom. The Morgan fingerprint density at radius 3 is 2.35 bits per heavy atom. The van der Waals surface area contributed by atoms with Gasteiger partial charge in [-0.3, -0.25) is 0 Å². The summed E-state index contributed by atoms with van der Waals surface area (Å²) in [5, 5.41) is 3.13. The molecule has 0 bridgehead atoms. The van der Waals surface area contributed by atoms with E-state index < -0.39 is 11.7 Å². The maximum Gasteiger partial charge on any atom is 0.416 e. The third-order valence-corrected chi connectivity index (χ3v) is 3.41. The molecule has 0 radical (unpaired) electrons. The molecule has 0 fully saturated rings. The van der Waals surface area contributed by atoms with E-state index in [1.807, 2.05) is 13.8 Å². The topological polar surface area (TPSA) is 21.3 Å². The molecule has 1 aromatic carbocycles. The van der Waals surface area contributed by atoms with Crippen molar-refractivity contribution in [2.75, 3.05) is 14.2 Å². The number of nitrogens with one attached hydrogen (secondary N) is 1. The van der Waals surface area contributed by atoms with Crippen LogP contribution in [0, 0.1) is 5.92 Å². The highest BCUT2D eigenvalue weighted by molar-refractivity contribution is 5.26. The molecule has 0 aromatic heterocycles. The predicted octanol–water partition coefficient (Wildman–Crippen LogP) is 3.51. The molecule has 0 heterocycles. The van der Waals surface area contributed by atoms with Crippen molar-refractivity contribution >= 4 is 0 Å². The Morgan fingerprint density at radius 2 is 1.90 bits per heavy atom. The molecule has 1 rings (SSSR count). The third-order valence-electron chi connectivity index (χ3n) is 3.41. The van der Waals surface area contributed by atoms with Crippen molar-refractivity contribution in [2.45, 2.75) is 38.6 Å². The van der Waals surface area contributed by atoms with Crippen molar-refractivity contribution in [1.82, 2.24) is 5.32 Å². The molecule has 0 saturated heterocycles. The van der Waals surface area contributed by atoms with Crippen LogP contribution in [0.1, 0.15) is 25.0 Å². The van der Waals surface area contributed by atoms with Gasteiger partial charge in [-0.15, -0.1) is 0 Å². The van der Waals surface area contributed by atoms with Gasteiger partial charge in [0.2, 0.25) is 0 Å². The smallest absolute Gasteiger partial charge is 0.380 e. The lowest BCUT2D eigenvalue weighted by Gasteiger charge is -2.29. The van der Waals surface area contributed by atoms with Crippen LogP contribution in [0.3, 0.4) is 0 Å². The number of ether oxygens (including phenoxy) is 1. The number of likely N-dealkylation sites (N-methyl/N-ethyl adjacent to an activating group) is 1. The summed E-state index contributed by atoms with van der Waals surface area (Å²) in [6, 6.07) is 5.43. The number of alkyl halides is 3. The summed E-state index contributed by atoms with van der Waals surface area (Å²) in [6.07, 6.45) is -3.85. The van der Waals surface area contributed by atoms with E-state index in [9.17, 15) is 13.2 Å². The van der Waals surface area contributed by atoms with Crippen LogP contribution in [0.2, 0.25) is 0 Å². The van der Waals surface area contributed by atoms with E-state index in [0.29, 0.717) is 12.0 Å². The average Bonchev–Trinajstić information content (AvgIpc) is 2.37. The summed E-state index contributed by atoms with van der Waals surface area (Å²) in [5.74, 6) is 0.281. The van der Waals surface area contributed by atoms with Crippen LogP contribution in [0.25, 0.3) is 0 Å². The molecule has 1 N–H and O–H groups in total. The van der Waals surface area contributed by atoms with Gasteiger partial charge in [0.1, 0.15) is 0 Å². The number of hydrogen-bond donors (Lipinski definition) is 1. The molecule has 2 unspecified atom stereocenters. The number of halogens is 3. The van der Waals surface area contributed by atoms with Crippen LogP contribution >= 0.6 is 0 Å². The molecule has 0 aliphatic rings. The van der Waals surface area contributed by atoms with Gasteiger partial charge in [0, 0.05) is 13.2 Å². The first kappa shape index (κ1) is 17.0. The minimum atomic E-state index is -4.30. The summed E-state index contributed by atoms with van der Waals surface area (Å²) in [4.78, 5) is 0. The summed E-state index contributed by atoms with van der Waals surface area (Å²) in [6.45, 7) is 4.06. The van der Waals surface area contributed by atoms with Crippen LogP contribution in [-0.2, 0) is 17.3 Å². The third kappa shape index (κ3) is 4.49. The normalized spacial score (nSPS) is 15.4. The van der Waals surface area contributed by atoms with Gasteiger partial charge in [0.05, 0.1) is 11.7 Å². The van der Waals surface area contributed by atoms with Gasteiger partial charge in [-0.2, -0.15) is 13.2 Å². The molecule has 5 heteroatoms. The van der Waals surface area contributed by atoms with E-state index in [-0.39, 0.29) is 18.1 Å². The number of rotatable bonds is 6. The minimum absolute atomic E-state index is 0.0246. The number of hydrogen-bond acceptors (Lipinski definition) is 2. The highest BCUT2D eigenvalue weighted by Crippen LogP contribution is 2.30. The molecule has 2 atom stereocenters. The lowest BCUT2D eigenvalue weighted by Crippen LogP contribution is -2.43. The first-order valence-corrected chi connectivity index (χ1v) is 6.65. The zero-order valence-electron chi connectivity index (χ0n) is 12.3. The maximum absolute atomic E-state index is 12.7. The zero-order valence-corrected chi connectivity index (χ0v) is 12.3. The second-order valence-electron chi connectivity index (χ2n) is 5.24. The van der Waals surface area contributed by atoms with Gasteiger partial charge < -0.3 is 10.1 Å². The molecule has 0 saturated carbocycles. The Labute approximate surface area is 118 Å². The van der Waals surface area contributed by atoms with Gasteiger partial charge in [0.25, 0.3) is 0 Å². The van der Waals surface area contributed by atoms with Gasteiger partial charge >= 0.3 is 6.18 Å². The molecule has 1 aromatic rings. The fourth-order valence-corrected chi connectivity index (χ4v) is 2.41. The Balaban J connectivity index is 2.90. The van der Waals surface area contributed by atoms with E-state index >= 15 is 0 Å². The van der Waals surface area contributed by atoms with Gasteiger partial charge in [-0.1, -0.05) is 32.0 Å². The molecule has 114 valence electrons. The second kappa shape index (κ2) is 7.09. The fraction of sp³-hybridized carbons (Fsp3) is 0.600. The molecular formula is C15H22F3NO. The number of methoxy groups -OCH3 is 1. The van der Waals surface area contributed by atoms with E-state index in [1.54, 1.807) is 20.2 Å². The lowest BCUT2D eigenvalue weighted by atomic mass is 9.93. The van der Waals surface area contributed by atoms with E-state index in [2.05, 4.69) is 5.32 Å². The van der Waals surface area contributed by atoms with Crippen molar-refractivity contribution < 1.29 is 17.9 Å². The van der Waals surface area contributed by atoms with Crippen LogP contribution in [0.4, 0.5) is 13.2 Å². The first-order valence-electron chi connectivity index (χ1n) is 6.65. The quantitative estimate of drug-likeness (QED) is 0.865. The van der Waals surface area contributed by atoms with Crippen molar-refractivity contribution in [3.8, 4) is 0 Å².